The van der Waals surface area contributed by atoms with Gasteiger partial charge < -0.3 is 15.3 Å². The SMILES string of the molecule is CC(C)C(CCO)NC1CCCN(C(C)C)CC1. The highest BCUT2D eigenvalue weighted by Gasteiger charge is 2.22. The molecule has 1 fully saturated rings. The van der Waals surface area contributed by atoms with Gasteiger partial charge in [-0.05, 0) is 58.5 Å². The first-order valence-electron chi connectivity index (χ1n) is 7.65. The number of hydrogen-bond acceptors (Lipinski definition) is 3. The number of aliphatic hydroxyl groups excluding tert-OH is 1. The van der Waals surface area contributed by atoms with Gasteiger partial charge in [-0.15, -0.1) is 0 Å². The number of hydrogen-bond donors (Lipinski definition) is 2. The van der Waals surface area contributed by atoms with Gasteiger partial charge in [0.05, 0.1) is 0 Å². The van der Waals surface area contributed by atoms with E-state index in [2.05, 4.69) is 37.9 Å². The maximum absolute atomic E-state index is 9.14. The minimum Gasteiger partial charge on any atom is -0.396 e. The summed E-state index contributed by atoms with van der Waals surface area (Å²) in [6, 6.07) is 1.76. The molecule has 1 saturated heterocycles. The normalized spacial score (nSPS) is 24.5. The molecule has 0 amide bonds. The van der Waals surface area contributed by atoms with Crippen molar-refractivity contribution in [1.82, 2.24) is 10.2 Å². The van der Waals surface area contributed by atoms with Crippen molar-refractivity contribution < 1.29 is 5.11 Å². The molecule has 108 valence electrons. The lowest BCUT2D eigenvalue weighted by molar-refractivity contribution is 0.218. The van der Waals surface area contributed by atoms with Gasteiger partial charge in [0.2, 0.25) is 0 Å². The van der Waals surface area contributed by atoms with Crippen molar-refractivity contribution in [2.75, 3.05) is 19.7 Å². The first-order valence-corrected chi connectivity index (χ1v) is 7.65. The summed E-state index contributed by atoms with van der Waals surface area (Å²) in [5.74, 6) is 0.599. The lowest BCUT2D eigenvalue weighted by Gasteiger charge is -2.28. The van der Waals surface area contributed by atoms with Crippen molar-refractivity contribution in [2.24, 2.45) is 5.92 Å². The van der Waals surface area contributed by atoms with E-state index in [0.717, 1.165) is 6.42 Å². The van der Waals surface area contributed by atoms with Crippen molar-refractivity contribution in [3.8, 4) is 0 Å². The Morgan fingerprint density at radius 1 is 1.17 bits per heavy atom. The smallest absolute Gasteiger partial charge is 0.0445 e. The number of nitrogens with one attached hydrogen (secondary N) is 1. The second-order valence-corrected chi connectivity index (χ2v) is 6.29. The lowest BCUT2D eigenvalue weighted by Crippen LogP contribution is -2.42. The molecule has 2 atom stereocenters. The fourth-order valence-electron chi connectivity index (χ4n) is 2.85. The van der Waals surface area contributed by atoms with E-state index in [1.54, 1.807) is 0 Å². The Morgan fingerprint density at radius 3 is 2.44 bits per heavy atom. The third-order valence-electron chi connectivity index (χ3n) is 4.19. The molecule has 18 heavy (non-hydrogen) atoms. The van der Waals surface area contributed by atoms with Crippen molar-refractivity contribution in [1.29, 1.82) is 0 Å². The summed E-state index contributed by atoms with van der Waals surface area (Å²) < 4.78 is 0. The van der Waals surface area contributed by atoms with Gasteiger partial charge in [-0.2, -0.15) is 0 Å². The predicted octanol–water partition coefficient (Wildman–Crippen LogP) is 2.25. The van der Waals surface area contributed by atoms with Crippen LogP contribution in [-0.2, 0) is 0 Å². The molecule has 1 aliphatic heterocycles. The zero-order valence-electron chi connectivity index (χ0n) is 12.7. The molecule has 0 aromatic rings. The van der Waals surface area contributed by atoms with E-state index in [4.69, 9.17) is 5.11 Å². The Balaban J connectivity index is 2.42. The van der Waals surface area contributed by atoms with Gasteiger partial charge in [0, 0.05) is 24.7 Å². The van der Waals surface area contributed by atoms with Crippen LogP contribution < -0.4 is 5.32 Å². The standard InChI is InChI=1S/C15H32N2O/c1-12(2)15(8-11-18)16-14-6-5-9-17(10-7-14)13(3)4/h12-16,18H,5-11H2,1-4H3. The minimum absolute atomic E-state index is 0.292. The largest absolute Gasteiger partial charge is 0.396 e. The van der Waals surface area contributed by atoms with Crippen LogP contribution in [0.25, 0.3) is 0 Å². The van der Waals surface area contributed by atoms with Crippen LogP contribution in [-0.4, -0.2) is 47.8 Å². The average Bonchev–Trinajstić information content (AvgIpc) is 2.54. The van der Waals surface area contributed by atoms with Crippen molar-refractivity contribution in [3.63, 3.8) is 0 Å². The summed E-state index contributed by atoms with van der Waals surface area (Å²) in [4.78, 5) is 2.58. The molecule has 1 rings (SSSR count). The zero-order valence-corrected chi connectivity index (χ0v) is 12.7. The summed E-state index contributed by atoms with van der Waals surface area (Å²) in [6.45, 7) is 11.8. The minimum atomic E-state index is 0.292. The van der Waals surface area contributed by atoms with Gasteiger partial charge in [-0.25, -0.2) is 0 Å². The summed E-state index contributed by atoms with van der Waals surface area (Å²) in [7, 11) is 0. The van der Waals surface area contributed by atoms with Crippen LogP contribution in [0.4, 0.5) is 0 Å². The van der Waals surface area contributed by atoms with E-state index in [-0.39, 0.29) is 0 Å². The molecule has 1 heterocycles. The Labute approximate surface area is 113 Å². The third kappa shape index (κ3) is 5.25. The number of rotatable bonds is 6. The molecule has 0 aliphatic carbocycles. The number of likely N-dealkylation sites (tertiary alicyclic amines) is 1. The summed E-state index contributed by atoms with van der Waals surface area (Å²) in [5, 5.41) is 12.9. The second-order valence-electron chi connectivity index (χ2n) is 6.29. The highest BCUT2D eigenvalue weighted by atomic mass is 16.3. The summed E-state index contributed by atoms with van der Waals surface area (Å²) in [5.41, 5.74) is 0. The molecule has 0 aromatic carbocycles. The second kappa shape index (κ2) is 8.13. The molecule has 0 radical (unpaired) electrons. The fraction of sp³-hybridized carbons (Fsp3) is 1.00. The molecular weight excluding hydrogens is 224 g/mol. The lowest BCUT2D eigenvalue weighted by atomic mass is 9.98. The molecule has 0 saturated carbocycles. The van der Waals surface area contributed by atoms with Crippen LogP contribution in [0.5, 0.6) is 0 Å². The first-order chi connectivity index (χ1) is 8.54. The monoisotopic (exact) mass is 256 g/mol. The molecule has 3 heteroatoms. The van der Waals surface area contributed by atoms with Crippen molar-refractivity contribution in [2.45, 2.75) is 71.5 Å². The van der Waals surface area contributed by atoms with E-state index in [9.17, 15) is 0 Å². The van der Waals surface area contributed by atoms with Gasteiger partial charge in [-0.1, -0.05) is 13.8 Å². The summed E-state index contributed by atoms with van der Waals surface area (Å²) >= 11 is 0. The maximum Gasteiger partial charge on any atom is 0.0445 e. The Morgan fingerprint density at radius 2 is 1.89 bits per heavy atom. The first kappa shape index (κ1) is 15.9. The van der Waals surface area contributed by atoms with Gasteiger partial charge in [-0.3, -0.25) is 0 Å². The highest BCUT2D eigenvalue weighted by Crippen LogP contribution is 2.16. The van der Waals surface area contributed by atoms with E-state index < -0.39 is 0 Å². The molecule has 0 aromatic heterocycles. The molecule has 0 spiro atoms. The Kier molecular flexibility index (Phi) is 7.20. The van der Waals surface area contributed by atoms with Gasteiger partial charge >= 0.3 is 0 Å². The van der Waals surface area contributed by atoms with Gasteiger partial charge in [0.1, 0.15) is 0 Å². The quantitative estimate of drug-likeness (QED) is 0.765. The van der Waals surface area contributed by atoms with Crippen LogP contribution in [0.15, 0.2) is 0 Å². The third-order valence-corrected chi connectivity index (χ3v) is 4.19. The number of nitrogens with zero attached hydrogens (tertiary/aromatic N) is 1. The Hall–Kier alpha value is -0.120. The molecule has 1 aliphatic rings. The van der Waals surface area contributed by atoms with Crippen LogP contribution in [0.1, 0.15) is 53.4 Å². The van der Waals surface area contributed by atoms with Gasteiger partial charge in [0.25, 0.3) is 0 Å². The molecule has 3 nitrogen and oxygen atoms in total. The highest BCUT2D eigenvalue weighted by molar-refractivity contribution is 4.81. The van der Waals surface area contributed by atoms with Crippen LogP contribution in [0.2, 0.25) is 0 Å². The number of aliphatic hydroxyl groups is 1. The van der Waals surface area contributed by atoms with E-state index >= 15 is 0 Å². The van der Waals surface area contributed by atoms with Crippen molar-refractivity contribution >= 4 is 0 Å². The summed E-state index contributed by atoms with van der Waals surface area (Å²) in [6.07, 6.45) is 4.69. The zero-order chi connectivity index (χ0) is 13.5. The van der Waals surface area contributed by atoms with E-state index in [0.29, 0.717) is 30.7 Å². The fourth-order valence-corrected chi connectivity index (χ4v) is 2.85. The van der Waals surface area contributed by atoms with E-state index in [1.807, 2.05) is 0 Å². The molecule has 2 N–H and O–H groups in total. The molecule has 2 unspecified atom stereocenters. The van der Waals surface area contributed by atoms with Crippen molar-refractivity contribution in [3.05, 3.63) is 0 Å². The van der Waals surface area contributed by atoms with Crippen LogP contribution in [0, 0.1) is 5.92 Å². The van der Waals surface area contributed by atoms with Crippen LogP contribution >= 0.6 is 0 Å². The van der Waals surface area contributed by atoms with Gasteiger partial charge in [0.15, 0.2) is 0 Å². The molecular formula is C15H32N2O. The Bertz CT molecular complexity index is 219. The molecule has 0 bridgehead atoms. The average molecular weight is 256 g/mol. The topological polar surface area (TPSA) is 35.5 Å². The predicted molar refractivity (Wildman–Crippen MR) is 77.8 cm³/mol. The van der Waals surface area contributed by atoms with E-state index in [1.165, 1.54) is 32.4 Å². The maximum atomic E-state index is 9.14. The van der Waals surface area contributed by atoms with Crippen LogP contribution in [0.3, 0.4) is 0 Å².